The van der Waals surface area contributed by atoms with Crippen LogP contribution in [-0.2, 0) is 9.59 Å². The SMILES string of the molecule is Cc1cc(C)cc(NC(=O)C2(C(=O)NCCN(C)C)CC2)c1. The van der Waals surface area contributed by atoms with Gasteiger partial charge in [0.05, 0.1) is 0 Å². The first-order valence-corrected chi connectivity index (χ1v) is 7.66. The summed E-state index contributed by atoms with van der Waals surface area (Å²) in [7, 11) is 3.90. The van der Waals surface area contributed by atoms with E-state index in [1.54, 1.807) is 0 Å². The Kier molecular flexibility index (Phi) is 4.86. The molecule has 1 aliphatic rings. The first-order valence-electron chi connectivity index (χ1n) is 7.66. The van der Waals surface area contributed by atoms with Gasteiger partial charge in [-0.1, -0.05) is 6.07 Å². The van der Waals surface area contributed by atoms with E-state index < -0.39 is 5.41 Å². The highest BCUT2D eigenvalue weighted by molar-refractivity contribution is 6.13. The van der Waals surface area contributed by atoms with Gasteiger partial charge in [0.2, 0.25) is 11.8 Å². The second kappa shape index (κ2) is 6.48. The zero-order valence-electron chi connectivity index (χ0n) is 13.8. The summed E-state index contributed by atoms with van der Waals surface area (Å²) in [6.07, 6.45) is 1.24. The fourth-order valence-electron chi connectivity index (χ4n) is 2.54. The van der Waals surface area contributed by atoms with Gasteiger partial charge in [-0.2, -0.15) is 0 Å². The minimum Gasteiger partial charge on any atom is -0.354 e. The smallest absolute Gasteiger partial charge is 0.240 e. The van der Waals surface area contributed by atoms with Gasteiger partial charge in [-0.15, -0.1) is 0 Å². The number of nitrogens with zero attached hydrogens (tertiary/aromatic N) is 1. The predicted molar refractivity (Wildman–Crippen MR) is 87.8 cm³/mol. The third-order valence-corrected chi connectivity index (χ3v) is 3.94. The number of amides is 2. The molecule has 1 aromatic carbocycles. The molecule has 0 radical (unpaired) electrons. The first-order chi connectivity index (χ1) is 10.3. The van der Waals surface area contributed by atoms with E-state index in [1.165, 1.54) is 0 Å². The van der Waals surface area contributed by atoms with Gasteiger partial charge in [-0.25, -0.2) is 0 Å². The minimum atomic E-state index is -0.871. The van der Waals surface area contributed by atoms with E-state index in [0.717, 1.165) is 23.4 Å². The molecule has 120 valence electrons. The Labute approximate surface area is 132 Å². The Morgan fingerprint density at radius 1 is 1.09 bits per heavy atom. The maximum absolute atomic E-state index is 12.5. The molecule has 5 heteroatoms. The lowest BCUT2D eigenvalue weighted by Crippen LogP contribution is -2.42. The number of hydrogen-bond donors (Lipinski definition) is 2. The molecule has 1 aromatic rings. The van der Waals surface area contributed by atoms with Crippen LogP contribution in [0.15, 0.2) is 18.2 Å². The average Bonchev–Trinajstić information content (AvgIpc) is 3.18. The van der Waals surface area contributed by atoms with Gasteiger partial charge in [0, 0.05) is 18.8 Å². The summed E-state index contributed by atoms with van der Waals surface area (Å²) in [5.41, 5.74) is 2.07. The summed E-state index contributed by atoms with van der Waals surface area (Å²) in [6, 6.07) is 5.90. The van der Waals surface area contributed by atoms with Crippen LogP contribution in [0.1, 0.15) is 24.0 Å². The Morgan fingerprint density at radius 3 is 2.18 bits per heavy atom. The molecular weight excluding hydrogens is 278 g/mol. The molecule has 2 rings (SSSR count). The van der Waals surface area contributed by atoms with Crippen LogP contribution in [0.2, 0.25) is 0 Å². The summed E-state index contributed by atoms with van der Waals surface area (Å²) >= 11 is 0. The molecule has 1 fully saturated rings. The van der Waals surface area contributed by atoms with E-state index in [-0.39, 0.29) is 11.8 Å². The lowest BCUT2D eigenvalue weighted by atomic mass is 10.0. The quantitative estimate of drug-likeness (QED) is 0.786. The van der Waals surface area contributed by atoms with Crippen molar-refractivity contribution >= 4 is 17.5 Å². The molecule has 2 N–H and O–H groups in total. The van der Waals surface area contributed by atoms with E-state index in [0.29, 0.717) is 19.4 Å². The van der Waals surface area contributed by atoms with Gasteiger partial charge in [-0.05, 0) is 64.0 Å². The molecule has 0 spiro atoms. The summed E-state index contributed by atoms with van der Waals surface area (Å²) in [5, 5.41) is 5.76. The highest BCUT2D eigenvalue weighted by Gasteiger charge is 2.56. The maximum Gasteiger partial charge on any atom is 0.240 e. The van der Waals surface area contributed by atoms with Crippen LogP contribution in [0.25, 0.3) is 0 Å². The molecule has 0 aromatic heterocycles. The Hall–Kier alpha value is -1.88. The third kappa shape index (κ3) is 3.85. The van der Waals surface area contributed by atoms with E-state index in [4.69, 9.17) is 0 Å². The summed E-state index contributed by atoms with van der Waals surface area (Å²) in [5.74, 6) is -0.351. The second-order valence-corrected chi connectivity index (χ2v) is 6.47. The maximum atomic E-state index is 12.5. The number of anilines is 1. The van der Waals surface area contributed by atoms with Crippen LogP contribution >= 0.6 is 0 Å². The standard InChI is InChI=1S/C17H25N3O2/c1-12-9-13(2)11-14(10-12)19-16(22)17(5-6-17)15(21)18-7-8-20(3)4/h9-11H,5-8H2,1-4H3,(H,18,21)(H,19,22). The molecule has 22 heavy (non-hydrogen) atoms. The monoisotopic (exact) mass is 303 g/mol. The van der Waals surface area contributed by atoms with Gasteiger partial charge >= 0.3 is 0 Å². The average molecular weight is 303 g/mol. The van der Waals surface area contributed by atoms with Gasteiger partial charge in [0.25, 0.3) is 0 Å². The van der Waals surface area contributed by atoms with Crippen LogP contribution < -0.4 is 10.6 Å². The number of rotatable bonds is 6. The molecular formula is C17H25N3O2. The molecule has 0 saturated heterocycles. The van der Waals surface area contributed by atoms with Crippen molar-refractivity contribution in [3.05, 3.63) is 29.3 Å². The molecule has 5 nitrogen and oxygen atoms in total. The summed E-state index contributed by atoms with van der Waals surface area (Å²) in [4.78, 5) is 26.8. The highest BCUT2D eigenvalue weighted by Crippen LogP contribution is 2.46. The van der Waals surface area contributed by atoms with Crippen LogP contribution in [0, 0.1) is 19.3 Å². The molecule has 1 saturated carbocycles. The van der Waals surface area contributed by atoms with Crippen molar-refractivity contribution in [2.24, 2.45) is 5.41 Å². The van der Waals surface area contributed by atoms with E-state index in [2.05, 4.69) is 16.7 Å². The van der Waals surface area contributed by atoms with Crippen molar-refractivity contribution in [3.63, 3.8) is 0 Å². The lowest BCUT2D eigenvalue weighted by Gasteiger charge is -2.17. The van der Waals surface area contributed by atoms with Crippen LogP contribution in [0.3, 0.4) is 0 Å². The highest BCUT2D eigenvalue weighted by atomic mass is 16.2. The Bertz CT molecular complexity index is 557. The Morgan fingerprint density at radius 2 is 1.68 bits per heavy atom. The van der Waals surface area contributed by atoms with Gasteiger partial charge in [0.15, 0.2) is 0 Å². The van der Waals surface area contributed by atoms with Crippen molar-refractivity contribution in [2.75, 3.05) is 32.5 Å². The number of aryl methyl sites for hydroxylation is 2. The Balaban J connectivity index is 1.97. The second-order valence-electron chi connectivity index (χ2n) is 6.47. The fraction of sp³-hybridized carbons (Fsp3) is 0.529. The van der Waals surface area contributed by atoms with Crippen molar-refractivity contribution in [2.45, 2.75) is 26.7 Å². The van der Waals surface area contributed by atoms with Crippen LogP contribution in [0.4, 0.5) is 5.69 Å². The molecule has 0 aliphatic heterocycles. The predicted octanol–water partition coefficient (Wildman–Crippen LogP) is 1.70. The number of carbonyl (C=O) groups excluding carboxylic acids is 2. The molecule has 0 atom stereocenters. The normalized spacial score (nSPS) is 15.5. The zero-order valence-corrected chi connectivity index (χ0v) is 13.8. The topological polar surface area (TPSA) is 61.4 Å². The van der Waals surface area contributed by atoms with Crippen molar-refractivity contribution in [1.82, 2.24) is 10.2 Å². The van der Waals surface area contributed by atoms with Gasteiger partial charge < -0.3 is 15.5 Å². The van der Waals surface area contributed by atoms with Gasteiger partial charge in [0.1, 0.15) is 5.41 Å². The number of likely N-dealkylation sites (N-methyl/N-ethyl adjacent to an activating group) is 1. The number of benzene rings is 1. The molecule has 0 heterocycles. The van der Waals surface area contributed by atoms with Crippen molar-refractivity contribution < 1.29 is 9.59 Å². The van der Waals surface area contributed by atoms with E-state index in [1.807, 2.05) is 45.0 Å². The van der Waals surface area contributed by atoms with Crippen molar-refractivity contribution in [1.29, 1.82) is 0 Å². The van der Waals surface area contributed by atoms with E-state index >= 15 is 0 Å². The number of hydrogen-bond acceptors (Lipinski definition) is 3. The van der Waals surface area contributed by atoms with Gasteiger partial charge in [-0.3, -0.25) is 9.59 Å². The largest absolute Gasteiger partial charge is 0.354 e. The van der Waals surface area contributed by atoms with Crippen molar-refractivity contribution in [3.8, 4) is 0 Å². The summed E-state index contributed by atoms with van der Waals surface area (Å²) < 4.78 is 0. The van der Waals surface area contributed by atoms with Crippen LogP contribution in [-0.4, -0.2) is 43.9 Å². The minimum absolute atomic E-state index is 0.156. The number of carbonyl (C=O) groups is 2. The third-order valence-electron chi connectivity index (χ3n) is 3.94. The zero-order chi connectivity index (χ0) is 16.3. The molecule has 1 aliphatic carbocycles. The van der Waals surface area contributed by atoms with E-state index in [9.17, 15) is 9.59 Å². The lowest BCUT2D eigenvalue weighted by molar-refractivity contribution is -0.134. The summed E-state index contributed by atoms with van der Waals surface area (Å²) in [6.45, 7) is 5.30. The fourth-order valence-corrected chi connectivity index (χ4v) is 2.54. The number of nitrogens with one attached hydrogen (secondary N) is 2. The molecule has 0 unspecified atom stereocenters. The molecule has 2 amide bonds. The van der Waals surface area contributed by atoms with Crippen LogP contribution in [0.5, 0.6) is 0 Å². The first kappa shape index (κ1) is 16.5. The molecule has 0 bridgehead atoms.